The van der Waals surface area contributed by atoms with Gasteiger partial charge in [0.1, 0.15) is 5.75 Å². The topological polar surface area (TPSA) is 47.3 Å². The van der Waals surface area contributed by atoms with Crippen molar-refractivity contribution in [1.82, 2.24) is 0 Å². The van der Waals surface area contributed by atoms with Gasteiger partial charge in [0.25, 0.3) is 0 Å². The predicted octanol–water partition coefficient (Wildman–Crippen LogP) is 2.55. The van der Waals surface area contributed by atoms with Crippen molar-refractivity contribution in [3.8, 4) is 5.75 Å². The Hall–Kier alpha value is -1.22. The molecule has 3 N–H and O–H groups in total. The monoisotopic (exact) mass is 234 g/mol. The van der Waals surface area contributed by atoms with Crippen molar-refractivity contribution in [1.29, 1.82) is 0 Å². The predicted molar refractivity (Wildman–Crippen MR) is 71.6 cm³/mol. The molecule has 1 aliphatic heterocycles. The minimum absolute atomic E-state index is 0.300. The molecule has 0 spiro atoms. The van der Waals surface area contributed by atoms with Crippen molar-refractivity contribution in [2.45, 2.75) is 38.6 Å². The molecule has 0 fully saturated rings. The van der Waals surface area contributed by atoms with E-state index in [-0.39, 0.29) is 0 Å². The van der Waals surface area contributed by atoms with Gasteiger partial charge in [-0.2, -0.15) is 0 Å². The lowest BCUT2D eigenvalue weighted by atomic mass is 10.1. The molecule has 1 heterocycles. The van der Waals surface area contributed by atoms with E-state index >= 15 is 0 Å². The van der Waals surface area contributed by atoms with Crippen LogP contribution in [0.25, 0.3) is 0 Å². The van der Waals surface area contributed by atoms with Crippen LogP contribution in [0.15, 0.2) is 18.2 Å². The molecule has 94 valence electrons. The van der Waals surface area contributed by atoms with Crippen LogP contribution in [0.5, 0.6) is 5.75 Å². The zero-order chi connectivity index (χ0) is 12.1. The van der Waals surface area contributed by atoms with Gasteiger partial charge in [-0.05, 0) is 56.4 Å². The molecule has 3 nitrogen and oxygen atoms in total. The number of aryl methyl sites for hydroxylation is 1. The van der Waals surface area contributed by atoms with Crippen LogP contribution in [-0.2, 0) is 6.42 Å². The van der Waals surface area contributed by atoms with Crippen LogP contribution in [0.2, 0.25) is 0 Å². The van der Waals surface area contributed by atoms with Crippen LogP contribution < -0.4 is 15.8 Å². The standard InChI is InChI=1S/C14H22N2O/c1-11(15)4-2-8-16-13-6-7-14-12(10-13)5-3-9-17-14/h6-7,10-11,16H,2-5,8-9,15H2,1H3. The average Bonchev–Trinajstić information content (AvgIpc) is 2.34. The van der Waals surface area contributed by atoms with Gasteiger partial charge in [-0.15, -0.1) is 0 Å². The lowest BCUT2D eigenvalue weighted by Gasteiger charge is -2.18. The Balaban J connectivity index is 1.85. The van der Waals surface area contributed by atoms with Crippen molar-refractivity contribution < 1.29 is 4.74 Å². The highest BCUT2D eigenvalue weighted by Gasteiger charge is 2.10. The molecule has 0 amide bonds. The maximum absolute atomic E-state index is 5.72. The highest BCUT2D eigenvalue weighted by Crippen LogP contribution is 2.27. The molecule has 0 radical (unpaired) electrons. The fourth-order valence-electron chi connectivity index (χ4n) is 2.13. The molecule has 17 heavy (non-hydrogen) atoms. The molecule has 1 aliphatic rings. The van der Waals surface area contributed by atoms with E-state index in [0.29, 0.717) is 6.04 Å². The van der Waals surface area contributed by atoms with E-state index in [1.165, 1.54) is 11.3 Å². The summed E-state index contributed by atoms with van der Waals surface area (Å²) in [6.07, 6.45) is 4.44. The first-order chi connectivity index (χ1) is 8.25. The smallest absolute Gasteiger partial charge is 0.122 e. The Morgan fingerprint density at radius 3 is 3.18 bits per heavy atom. The summed E-state index contributed by atoms with van der Waals surface area (Å²) < 4.78 is 5.59. The van der Waals surface area contributed by atoms with E-state index < -0.39 is 0 Å². The lowest BCUT2D eigenvalue weighted by Crippen LogP contribution is -2.16. The normalized spacial score (nSPS) is 15.9. The lowest BCUT2D eigenvalue weighted by molar-refractivity contribution is 0.288. The van der Waals surface area contributed by atoms with Crippen molar-refractivity contribution in [2.24, 2.45) is 5.73 Å². The van der Waals surface area contributed by atoms with E-state index in [1.807, 2.05) is 0 Å². The highest BCUT2D eigenvalue weighted by atomic mass is 16.5. The minimum atomic E-state index is 0.300. The minimum Gasteiger partial charge on any atom is -0.493 e. The number of nitrogens with one attached hydrogen (secondary N) is 1. The van der Waals surface area contributed by atoms with Crippen molar-refractivity contribution in [2.75, 3.05) is 18.5 Å². The van der Waals surface area contributed by atoms with E-state index in [4.69, 9.17) is 10.5 Å². The molecule has 0 saturated heterocycles. The first-order valence-electron chi connectivity index (χ1n) is 6.51. The number of fused-ring (bicyclic) bond motifs is 1. The van der Waals surface area contributed by atoms with Gasteiger partial charge in [0.05, 0.1) is 6.61 Å². The molecule has 1 aromatic carbocycles. The van der Waals surface area contributed by atoms with Crippen LogP contribution in [0.3, 0.4) is 0 Å². The van der Waals surface area contributed by atoms with E-state index in [1.54, 1.807) is 0 Å². The van der Waals surface area contributed by atoms with Gasteiger partial charge in [-0.3, -0.25) is 0 Å². The van der Waals surface area contributed by atoms with Gasteiger partial charge in [-0.25, -0.2) is 0 Å². The van der Waals surface area contributed by atoms with Crippen molar-refractivity contribution in [3.63, 3.8) is 0 Å². The largest absolute Gasteiger partial charge is 0.493 e. The SMILES string of the molecule is CC(N)CCCNc1ccc2c(c1)CCCO2. The van der Waals surface area contributed by atoms with Crippen LogP contribution in [0, 0.1) is 0 Å². The Morgan fingerprint density at radius 1 is 1.47 bits per heavy atom. The van der Waals surface area contributed by atoms with Crippen molar-refractivity contribution >= 4 is 5.69 Å². The fourth-order valence-corrected chi connectivity index (χ4v) is 2.13. The van der Waals surface area contributed by atoms with E-state index in [9.17, 15) is 0 Å². The van der Waals surface area contributed by atoms with Gasteiger partial charge in [0.15, 0.2) is 0 Å². The third-order valence-corrected chi connectivity index (χ3v) is 3.07. The molecule has 1 aromatic rings. The second-order valence-electron chi connectivity index (χ2n) is 4.82. The van der Waals surface area contributed by atoms with Gasteiger partial charge < -0.3 is 15.8 Å². The zero-order valence-electron chi connectivity index (χ0n) is 10.5. The summed E-state index contributed by atoms with van der Waals surface area (Å²) in [5.74, 6) is 1.05. The van der Waals surface area contributed by atoms with Crippen molar-refractivity contribution in [3.05, 3.63) is 23.8 Å². The molecule has 2 rings (SSSR count). The third-order valence-electron chi connectivity index (χ3n) is 3.07. The number of rotatable bonds is 5. The molecule has 0 aliphatic carbocycles. The summed E-state index contributed by atoms with van der Waals surface area (Å²) in [5, 5.41) is 3.44. The first-order valence-corrected chi connectivity index (χ1v) is 6.51. The maximum Gasteiger partial charge on any atom is 0.122 e. The van der Waals surface area contributed by atoms with Gasteiger partial charge in [0, 0.05) is 18.3 Å². The van der Waals surface area contributed by atoms with Gasteiger partial charge >= 0.3 is 0 Å². The van der Waals surface area contributed by atoms with Crippen LogP contribution in [0.4, 0.5) is 5.69 Å². The number of hydrogen-bond acceptors (Lipinski definition) is 3. The molecular weight excluding hydrogens is 212 g/mol. The quantitative estimate of drug-likeness (QED) is 0.770. The molecule has 1 atom stereocenters. The summed E-state index contributed by atoms with van der Waals surface area (Å²) in [6, 6.07) is 6.67. The number of nitrogens with two attached hydrogens (primary N) is 1. The summed E-state index contributed by atoms with van der Waals surface area (Å²) in [5.41, 5.74) is 8.24. The van der Waals surface area contributed by atoms with Crippen LogP contribution >= 0.6 is 0 Å². The average molecular weight is 234 g/mol. The molecule has 3 heteroatoms. The number of benzene rings is 1. The van der Waals surface area contributed by atoms with E-state index in [0.717, 1.165) is 44.6 Å². The number of anilines is 1. The van der Waals surface area contributed by atoms with Gasteiger partial charge in [-0.1, -0.05) is 0 Å². The highest BCUT2D eigenvalue weighted by molar-refractivity contribution is 5.51. The third kappa shape index (κ3) is 3.63. The number of hydrogen-bond donors (Lipinski definition) is 2. The summed E-state index contributed by atoms with van der Waals surface area (Å²) in [6.45, 7) is 3.89. The fraction of sp³-hybridized carbons (Fsp3) is 0.571. The summed E-state index contributed by atoms with van der Waals surface area (Å²) >= 11 is 0. The van der Waals surface area contributed by atoms with Crippen LogP contribution in [-0.4, -0.2) is 19.2 Å². The molecule has 0 aromatic heterocycles. The maximum atomic E-state index is 5.72. The number of ether oxygens (including phenoxy) is 1. The Kier molecular flexibility index (Phi) is 4.26. The van der Waals surface area contributed by atoms with Gasteiger partial charge in [0.2, 0.25) is 0 Å². The molecule has 0 bridgehead atoms. The first kappa shape index (κ1) is 12.2. The Bertz CT molecular complexity index is 363. The molecule has 0 saturated carbocycles. The Labute approximate surface area is 103 Å². The summed E-state index contributed by atoms with van der Waals surface area (Å²) in [4.78, 5) is 0. The summed E-state index contributed by atoms with van der Waals surface area (Å²) in [7, 11) is 0. The Morgan fingerprint density at radius 2 is 2.35 bits per heavy atom. The van der Waals surface area contributed by atoms with Crippen LogP contribution in [0.1, 0.15) is 31.7 Å². The molecular formula is C14H22N2O. The molecule has 1 unspecified atom stereocenters. The van der Waals surface area contributed by atoms with E-state index in [2.05, 4.69) is 30.4 Å². The second kappa shape index (κ2) is 5.92. The zero-order valence-corrected chi connectivity index (χ0v) is 10.5. The second-order valence-corrected chi connectivity index (χ2v) is 4.82.